The van der Waals surface area contributed by atoms with Gasteiger partial charge in [-0.2, -0.15) is 0 Å². The summed E-state index contributed by atoms with van der Waals surface area (Å²) in [5.41, 5.74) is 1.42. The number of hydrogen-bond acceptors (Lipinski definition) is 1. The molecular formula is C15H14BrF2N. The minimum Gasteiger partial charge on any atom is -0.306 e. The molecule has 19 heavy (non-hydrogen) atoms. The summed E-state index contributed by atoms with van der Waals surface area (Å²) in [5, 5.41) is 3.18. The minimum atomic E-state index is -0.264. The Kier molecular flexibility index (Phi) is 4.66. The van der Waals surface area contributed by atoms with Gasteiger partial charge in [-0.25, -0.2) is 8.78 Å². The molecule has 1 N–H and O–H groups in total. The zero-order valence-electron chi connectivity index (χ0n) is 10.5. The number of halogens is 3. The van der Waals surface area contributed by atoms with Crippen molar-refractivity contribution < 1.29 is 8.78 Å². The molecule has 0 radical (unpaired) electrons. The zero-order chi connectivity index (χ0) is 13.8. The van der Waals surface area contributed by atoms with Crippen molar-refractivity contribution in [3.05, 3.63) is 69.7 Å². The highest BCUT2D eigenvalue weighted by atomic mass is 79.9. The predicted octanol–water partition coefficient (Wildman–Crippen LogP) is 4.58. The van der Waals surface area contributed by atoms with Crippen LogP contribution in [0.2, 0.25) is 0 Å². The molecule has 0 aromatic heterocycles. The quantitative estimate of drug-likeness (QED) is 0.867. The molecule has 0 saturated heterocycles. The highest BCUT2D eigenvalue weighted by Crippen LogP contribution is 2.18. The van der Waals surface area contributed by atoms with Crippen LogP contribution in [0.15, 0.2) is 46.9 Å². The molecule has 2 aromatic rings. The lowest BCUT2D eigenvalue weighted by molar-refractivity contribution is 0.539. The number of hydrogen-bond donors (Lipinski definition) is 1. The van der Waals surface area contributed by atoms with E-state index in [0.717, 1.165) is 10.0 Å². The van der Waals surface area contributed by atoms with Crippen LogP contribution in [0.1, 0.15) is 24.1 Å². The van der Waals surface area contributed by atoms with Crippen LogP contribution < -0.4 is 5.32 Å². The second-order valence-corrected chi connectivity index (χ2v) is 5.31. The van der Waals surface area contributed by atoms with E-state index < -0.39 is 0 Å². The maximum Gasteiger partial charge on any atom is 0.127 e. The van der Waals surface area contributed by atoms with Crippen LogP contribution in [-0.4, -0.2) is 0 Å². The lowest BCUT2D eigenvalue weighted by Gasteiger charge is -2.15. The molecule has 0 aliphatic rings. The maximum absolute atomic E-state index is 13.6. The first kappa shape index (κ1) is 14.2. The van der Waals surface area contributed by atoms with Gasteiger partial charge in [0, 0.05) is 22.6 Å². The highest BCUT2D eigenvalue weighted by Gasteiger charge is 2.08. The molecule has 1 nitrogen and oxygen atoms in total. The topological polar surface area (TPSA) is 12.0 Å². The van der Waals surface area contributed by atoms with Crippen LogP contribution in [0.4, 0.5) is 8.78 Å². The molecule has 0 heterocycles. The van der Waals surface area contributed by atoms with E-state index in [9.17, 15) is 8.78 Å². The van der Waals surface area contributed by atoms with E-state index in [1.165, 1.54) is 18.2 Å². The summed E-state index contributed by atoms with van der Waals surface area (Å²) in [6.07, 6.45) is 0. The second-order valence-electron chi connectivity index (χ2n) is 4.39. The predicted molar refractivity (Wildman–Crippen MR) is 75.8 cm³/mol. The van der Waals surface area contributed by atoms with Gasteiger partial charge < -0.3 is 5.32 Å². The standard InChI is InChI=1S/C15H14BrF2N/c1-10(11-3-2-4-14(17)8-11)19-9-12-7-13(16)5-6-15(12)18/h2-8,10,19H,9H2,1H3/t10-/m0/s1. The van der Waals surface area contributed by atoms with Crippen molar-refractivity contribution in [3.8, 4) is 0 Å². The van der Waals surface area contributed by atoms with E-state index in [1.54, 1.807) is 18.2 Å². The second kappa shape index (κ2) is 6.26. The van der Waals surface area contributed by atoms with Crippen molar-refractivity contribution in [1.29, 1.82) is 0 Å². The van der Waals surface area contributed by atoms with Gasteiger partial charge >= 0.3 is 0 Å². The molecular weight excluding hydrogens is 312 g/mol. The molecule has 0 aliphatic carbocycles. The Balaban J connectivity index is 2.04. The largest absolute Gasteiger partial charge is 0.306 e. The van der Waals surface area contributed by atoms with Gasteiger partial charge in [0.05, 0.1) is 0 Å². The van der Waals surface area contributed by atoms with Crippen molar-refractivity contribution in [2.24, 2.45) is 0 Å². The number of benzene rings is 2. The first-order valence-electron chi connectivity index (χ1n) is 5.99. The van der Waals surface area contributed by atoms with Gasteiger partial charge in [0.1, 0.15) is 11.6 Å². The smallest absolute Gasteiger partial charge is 0.127 e. The van der Waals surface area contributed by atoms with E-state index in [1.807, 2.05) is 13.0 Å². The van der Waals surface area contributed by atoms with Crippen molar-refractivity contribution in [2.75, 3.05) is 0 Å². The van der Waals surface area contributed by atoms with Crippen molar-refractivity contribution in [1.82, 2.24) is 5.32 Å². The van der Waals surface area contributed by atoms with Crippen molar-refractivity contribution in [3.63, 3.8) is 0 Å². The molecule has 0 unspecified atom stereocenters. The van der Waals surface area contributed by atoms with Crippen LogP contribution >= 0.6 is 15.9 Å². The molecule has 0 spiro atoms. The molecule has 1 atom stereocenters. The first-order valence-corrected chi connectivity index (χ1v) is 6.78. The Bertz CT molecular complexity index is 572. The molecule has 0 bridgehead atoms. The van der Waals surface area contributed by atoms with Crippen molar-refractivity contribution in [2.45, 2.75) is 19.5 Å². The zero-order valence-corrected chi connectivity index (χ0v) is 12.0. The summed E-state index contributed by atoms with van der Waals surface area (Å²) in [6, 6.07) is 11.2. The monoisotopic (exact) mass is 325 g/mol. The highest BCUT2D eigenvalue weighted by molar-refractivity contribution is 9.10. The number of rotatable bonds is 4. The maximum atomic E-state index is 13.6. The normalized spacial score (nSPS) is 12.4. The minimum absolute atomic E-state index is 0.0471. The summed E-state index contributed by atoms with van der Waals surface area (Å²) in [7, 11) is 0. The molecule has 0 amide bonds. The summed E-state index contributed by atoms with van der Waals surface area (Å²) in [6.45, 7) is 2.31. The fraction of sp³-hybridized carbons (Fsp3) is 0.200. The van der Waals surface area contributed by atoms with E-state index in [0.29, 0.717) is 12.1 Å². The average molecular weight is 326 g/mol. The van der Waals surface area contributed by atoms with Gasteiger partial charge in [-0.1, -0.05) is 28.1 Å². The molecule has 0 saturated carbocycles. The Morgan fingerprint density at radius 1 is 1.16 bits per heavy atom. The summed E-state index contributed by atoms with van der Waals surface area (Å²) >= 11 is 3.31. The third-order valence-electron chi connectivity index (χ3n) is 2.96. The van der Waals surface area contributed by atoms with Gasteiger partial charge in [-0.05, 0) is 42.8 Å². The van der Waals surface area contributed by atoms with E-state index >= 15 is 0 Å². The molecule has 100 valence electrons. The van der Waals surface area contributed by atoms with E-state index in [4.69, 9.17) is 0 Å². The average Bonchev–Trinajstić information content (AvgIpc) is 2.39. The molecule has 4 heteroatoms. The third kappa shape index (κ3) is 3.85. The molecule has 0 fully saturated rings. The SMILES string of the molecule is C[C@H](NCc1cc(Br)ccc1F)c1cccc(F)c1. The lowest BCUT2D eigenvalue weighted by atomic mass is 10.1. The summed E-state index contributed by atoms with van der Waals surface area (Å²) in [4.78, 5) is 0. The van der Waals surface area contributed by atoms with Crippen LogP contribution in [0.3, 0.4) is 0 Å². The lowest BCUT2D eigenvalue weighted by Crippen LogP contribution is -2.18. The Hall–Kier alpha value is -1.26. The molecule has 0 aliphatic heterocycles. The van der Waals surface area contributed by atoms with Crippen LogP contribution in [-0.2, 0) is 6.54 Å². The van der Waals surface area contributed by atoms with Crippen LogP contribution in [0.25, 0.3) is 0 Å². The van der Waals surface area contributed by atoms with Crippen LogP contribution in [0.5, 0.6) is 0 Å². The van der Waals surface area contributed by atoms with Gasteiger partial charge in [0.2, 0.25) is 0 Å². The molecule has 2 rings (SSSR count). The van der Waals surface area contributed by atoms with Gasteiger partial charge in [-0.15, -0.1) is 0 Å². The van der Waals surface area contributed by atoms with Crippen molar-refractivity contribution >= 4 is 15.9 Å². The fourth-order valence-electron chi connectivity index (χ4n) is 1.84. The van der Waals surface area contributed by atoms with E-state index in [2.05, 4.69) is 21.2 Å². The summed E-state index contributed by atoms with van der Waals surface area (Å²) < 4.78 is 27.5. The molecule has 2 aromatic carbocycles. The Labute approximate surface area is 119 Å². The third-order valence-corrected chi connectivity index (χ3v) is 3.45. The van der Waals surface area contributed by atoms with Gasteiger partial charge in [-0.3, -0.25) is 0 Å². The first-order chi connectivity index (χ1) is 9.06. The van der Waals surface area contributed by atoms with E-state index in [-0.39, 0.29) is 17.7 Å². The Morgan fingerprint density at radius 2 is 1.95 bits per heavy atom. The Morgan fingerprint density at radius 3 is 2.68 bits per heavy atom. The fourth-order valence-corrected chi connectivity index (χ4v) is 2.24. The number of nitrogens with one attached hydrogen (secondary N) is 1. The van der Waals surface area contributed by atoms with Gasteiger partial charge in [0.25, 0.3) is 0 Å². The summed E-state index contributed by atoms with van der Waals surface area (Å²) in [5.74, 6) is -0.512. The van der Waals surface area contributed by atoms with Gasteiger partial charge in [0.15, 0.2) is 0 Å². The van der Waals surface area contributed by atoms with Crippen LogP contribution in [0, 0.1) is 11.6 Å².